The lowest BCUT2D eigenvalue weighted by Gasteiger charge is -2.26. The Morgan fingerprint density at radius 3 is 2.16 bits per heavy atom. The Labute approximate surface area is 149 Å². The lowest BCUT2D eigenvalue weighted by atomic mass is 9.74. The molecule has 1 N–H and O–H groups in total. The second-order valence-electron chi connectivity index (χ2n) is 6.18. The van der Waals surface area contributed by atoms with Crippen LogP contribution in [0.4, 0.5) is 11.4 Å². The molecule has 1 aliphatic rings. The molecule has 0 bridgehead atoms. The van der Waals surface area contributed by atoms with Crippen LogP contribution in [0, 0.1) is 0 Å². The van der Waals surface area contributed by atoms with Gasteiger partial charge in [-0.15, -0.1) is 6.58 Å². The minimum Gasteiger partial charge on any atom is -0.380 e. The summed E-state index contributed by atoms with van der Waals surface area (Å²) < 4.78 is 5.48. The number of benzene rings is 3. The normalized spacial score (nSPS) is 14.1. The van der Waals surface area contributed by atoms with Crippen molar-refractivity contribution in [2.75, 3.05) is 12.4 Å². The first kappa shape index (κ1) is 15.7. The predicted octanol–water partition coefficient (Wildman–Crippen LogP) is 5.23. The van der Waals surface area contributed by atoms with Crippen molar-refractivity contribution in [3.8, 4) is 22.3 Å². The second-order valence-corrected chi connectivity index (χ2v) is 6.18. The molecule has 1 heterocycles. The summed E-state index contributed by atoms with van der Waals surface area (Å²) in [5, 5.41) is 3.56. The Morgan fingerprint density at radius 2 is 1.48 bits per heavy atom. The van der Waals surface area contributed by atoms with E-state index in [0.717, 1.165) is 22.5 Å². The molecule has 4 rings (SSSR count). The highest BCUT2D eigenvalue weighted by Gasteiger charge is 2.25. The molecule has 0 fully saturated rings. The van der Waals surface area contributed by atoms with Crippen molar-refractivity contribution >= 4 is 19.2 Å². The van der Waals surface area contributed by atoms with Crippen molar-refractivity contribution in [2.45, 2.75) is 5.50 Å². The third kappa shape index (κ3) is 2.48. The molecule has 120 valence electrons. The Morgan fingerprint density at radius 1 is 0.880 bits per heavy atom. The number of hydrogen-bond acceptors (Lipinski definition) is 2. The molecule has 3 heteroatoms. The molecule has 1 atom stereocenters. The summed E-state index contributed by atoms with van der Waals surface area (Å²) >= 11 is 0. The molecule has 0 amide bonds. The zero-order valence-corrected chi connectivity index (χ0v) is 14.1. The van der Waals surface area contributed by atoms with Crippen LogP contribution in [0.5, 0.6) is 0 Å². The van der Waals surface area contributed by atoms with Gasteiger partial charge in [-0.25, -0.2) is 0 Å². The summed E-state index contributed by atoms with van der Waals surface area (Å²) in [5.74, 6) is 0. The van der Waals surface area contributed by atoms with E-state index in [2.05, 4.69) is 60.4 Å². The molecule has 1 aliphatic heterocycles. The number of para-hydroxylation sites is 1. The van der Waals surface area contributed by atoms with Gasteiger partial charge in [0.2, 0.25) is 0 Å². The fourth-order valence-corrected chi connectivity index (χ4v) is 3.36. The lowest BCUT2D eigenvalue weighted by Crippen LogP contribution is -2.25. The first-order valence-electron chi connectivity index (χ1n) is 8.24. The summed E-state index contributed by atoms with van der Waals surface area (Å²) in [4.78, 5) is 0. The third-order valence-electron chi connectivity index (χ3n) is 4.82. The van der Waals surface area contributed by atoms with Gasteiger partial charge in [-0.2, -0.15) is 0 Å². The number of nitrogens with one attached hydrogen (secondary N) is 1. The molecule has 0 aromatic heterocycles. The second kappa shape index (κ2) is 5.94. The van der Waals surface area contributed by atoms with Crippen molar-refractivity contribution in [3.63, 3.8) is 0 Å². The molecule has 0 saturated heterocycles. The van der Waals surface area contributed by atoms with Gasteiger partial charge in [0.25, 0.3) is 0 Å². The average Bonchev–Trinajstić information content (AvgIpc) is 2.81. The largest absolute Gasteiger partial charge is 0.380 e. The van der Waals surface area contributed by atoms with Crippen LogP contribution in [0.2, 0.25) is 0 Å². The predicted molar refractivity (Wildman–Crippen MR) is 105 cm³/mol. The highest BCUT2D eigenvalue weighted by Crippen LogP contribution is 2.45. The van der Waals surface area contributed by atoms with Crippen molar-refractivity contribution in [3.05, 3.63) is 84.9 Å². The zero-order valence-electron chi connectivity index (χ0n) is 14.1. The van der Waals surface area contributed by atoms with Crippen LogP contribution in [0.25, 0.3) is 22.3 Å². The number of fused-ring (bicyclic) bond motifs is 5. The zero-order chi connectivity index (χ0) is 17.4. The van der Waals surface area contributed by atoms with Gasteiger partial charge < -0.3 is 10.1 Å². The van der Waals surface area contributed by atoms with Crippen LogP contribution in [0.15, 0.2) is 79.4 Å². The molecule has 3 aromatic carbocycles. The Balaban J connectivity index is 2.00. The van der Waals surface area contributed by atoms with Crippen molar-refractivity contribution in [1.82, 2.24) is 0 Å². The maximum atomic E-state index is 6.33. The van der Waals surface area contributed by atoms with Gasteiger partial charge in [0.05, 0.1) is 5.50 Å². The van der Waals surface area contributed by atoms with Gasteiger partial charge >= 0.3 is 0 Å². The molecule has 0 saturated carbocycles. The Kier molecular flexibility index (Phi) is 3.74. The number of rotatable bonds is 3. The minimum absolute atomic E-state index is 0.867. The maximum Gasteiger partial charge on any atom is 0.126 e. The first-order chi connectivity index (χ1) is 12.2. The Bertz CT molecular complexity index is 966. The van der Waals surface area contributed by atoms with E-state index in [4.69, 9.17) is 12.6 Å². The molecule has 2 nitrogen and oxygen atoms in total. The number of hydrogen-bond donors (Lipinski definition) is 1. The van der Waals surface area contributed by atoms with Crippen molar-refractivity contribution in [1.29, 1.82) is 0 Å². The molecule has 0 spiro atoms. The topological polar surface area (TPSA) is 21.3 Å². The van der Waals surface area contributed by atoms with Crippen LogP contribution in [0.3, 0.4) is 0 Å². The van der Waals surface area contributed by atoms with E-state index in [0.29, 0.717) is 0 Å². The minimum atomic E-state index is -1.01. The van der Waals surface area contributed by atoms with Crippen molar-refractivity contribution < 1.29 is 4.74 Å². The number of ether oxygens (including phenoxy) is 1. The van der Waals surface area contributed by atoms with Gasteiger partial charge in [0.15, 0.2) is 0 Å². The van der Waals surface area contributed by atoms with E-state index in [1.807, 2.05) is 18.2 Å². The van der Waals surface area contributed by atoms with Crippen LogP contribution < -0.4 is 5.32 Å². The summed E-state index contributed by atoms with van der Waals surface area (Å²) in [6.07, 6.45) is 1.62. The van der Waals surface area contributed by atoms with E-state index in [-0.39, 0.29) is 0 Å². The summed E-state index contributed by atoms with van der Waals surface area (Å²) in [6, 6.07) is 22.9. The summed E-state index contributed by atoms with van der Waals surface area (Å²) in [5.41, 5.74) is 6.64. The van der Waals surface area contributed by atoms with Gasteiger partial charge in [0.1, 0.15) is 7.85 Å². The van der Waals surface area contributed by atoms with E-state index in [9.17, 15) is 0 Å². The van der Waals surface area contributed by atoms with Crippen LogP contribution >= 0.6 is 0 Å². The average molecular weight is 323 g/mol. The van der Waals surface area contributed by atoms with Gasteiger partial charge in [-0.05, 0) is 34.9 Å². The standard InChI is InChI=1S/C22H18BNO/c1-3-22(23,25-2)15-12-13-21-19(14-15)17-9-5-4-8-16(17)18-10-6-7-11-20(18)24-21/h3-14,24H,1H2,2H3. The number of methoxy groups -OCH3 is 1. The monoisotopic (exact) mass is 323 g/mol. The quantitative estimate of drug-likeness (QED) is 0.412. The highest BCUT2D eigenvalue weighted by atomic mass is 16.5. The van der Waals surface area contributed by atoms with E-state index in [1.54, 1.807) is 13.2 Å². The van der Waals surface area contributed by atoms with Crippen molar-refractivity contribution in [2.24, 2.45) is 0 Å². The molecule has 25 heavy (non-hydrogen) atoms. The molecule has 2 radical (unpaired) electrons. The number of anilines is 2. The first-order valence-corrected chi connectivity index (χ1v) is 8.24. The molecule has 1 unspecified atom stereocenters. The fraction of sp³-hybridized carbons (Fsp3) is 0.0909. The van der Waals surface area contributed by atoms with Gasteiger partial charge in [0, 0.05) is 29.6 Å². The maximum absolute atomic E-state index is 6.33. The molecule has 3 aromatic rings. The molecular weight excluding hydrogens is 305 g/mol. The third-order valence-corrected chi connectivity index (χ3v) is 4.82. The van der Waals surface area contributed by atoms with Crippen LogP contribution in [-0.2, 0) is 10.2 Å². The van der Waals surface area contributed by atoms with E-state index in [1.165, 1.54) is 16.7 Å². The van der Waals surface area contributed by atoms with Gasteiger partial charge in [-0.3, -0.25) is 0 Å². The van der Waals surface area contributed by atoms with E-state index >= 15 is 0 Å². The van der Waals surface area contributed by atoms with Crippen LogP contribution in [-0.4, -0.2) is 15.0 Å². The Hall–Kier alpha value is -2.78. The molecule has 0 aliphatic carbocycles. The molecular formula is C22H18BNO. The fourth-order valence-electron chi connectivity index (χ4n) is 3.36. The summed E-state index contributed by atoms with van der Waals surface area (Å²) in [7, 11) is 7.93. The SMILES string of the molecule is [B]C(C=C)(OC)c1ccc2c(c1)-c1ccccc1-c1ccccc1N2. The smallest absolute Gasteiger partial charge is 0.126 e. The van der Waals surface area contributed by atoms with E-state index < -0.39 is 5.50 Å². The summed E-state index contributed by atoms with van der Waals surface area (Å²) in [6.45, 7) is 3.82. The van der Waals surface area contributed by atoms with Crippen LogP contribution in [0.1, 0.15) is 5.56 Å². The highest BCUT2D eigenvalue weighted by molar-refractivity contribution is 6.16. The van der Waals surface area contributed by atoms with Gasteiger partial charge in [-0.1, -0.05) is 54.6 Å². The lowest BCUT2D eigenvalue weighted by molar-refractivity contribution is 0.103.